The molecule has 3 aromatic rings. The minimum absolute atomic E-state index is 0.149. The maximum absolute atomic E-state index is 11.9. The van der Waals surface area contributed by atoms with E-state index in [-0.39, 0.29) is 6.04 Å². The third-order valence-corrected chi connectivity index (χ3v) is 4.80. The Balaban J connectivity index is 1.64. The van der Waals surface area contributed by atoms with Crippen molar-refractivity contribution < 1.29 is 9.53 Å². The van der Waals surface area contributed by atoms with E-state index in [9.17, 15) is 4.79 Å². The van der Waals surface area contributed by atoms with Crippen LogP contribution in [0.3, 0.4) is 0 Å². The number of benzene rings is 2. The summed E-state index contributed by atoms with van der Waals surface area (Å²) < 4.78 is 5.83. The van der Waals surface area contributed by atoms with Gasteiger partial charge < -0.3 is 21.1 Å². The molecule has 28 heavy (non-hydrogen) atoms. The number of anilines is 1. The minimum Gasteiger partial charge on any atom is -0.457 e. The molecule has 0 spiro atoms. The van der Waals surface area contributed by atoms with Crippen LogP contribution in [0.25, 0.3) is 11.3 Å². The predicted octanol–water partition coefficient (Wildman–Crippen LogP) is 3.18. The number of hydrogen-bond donors (Lipinski definition) is 2. The number of carbonyl (C=O) groups is 1. The summed E-state index contributed by atoms with van der Waals surface area (Å²) in [6.45, 7) is 1.61. The first-order valence-electron chi connectivity index (χ1n) is 9.25. The van der Waals surface area contributed by atoms with Gasteiger partial charge in [-0.2, -0.15) is 0 Å². The Bertz CT molecular complexity index is 974. The van der Waals surface area contributed by atoms with E-state index >= 15 is 0 Å². The fourth-order valence-corrected chi connectivity index (χ4v) is 3.34. The first-order valence-corrected chi connectivity index (χ1v) is 9.25. The zero-order valence-corrected chi connectivity index (χ0v) is 15.4. The molecule has 6 nitrogen and oxygen atoms in total. The molecule has 4 rings (SSSR count). The highest BCUT2D eigenvalue weighted by Crippen LogP contribution is 2.29. The molecule has 1 atom stereocenters. The second kappa shape index (κ2) is 7.70. The molecule has 1 unspecified atom stereocenters. The largest absolute Gasteiger partial charge is 0.457 e. The average Bonchev–Trinajstić information content (AvgIpc) is 3.15. The van der Waals surface area contributed by atoms with Crippen LogP contribution in [0.1, 0.15) is 16.8 Å². The highest BCUT2D eigenvalue weighted by molar-refractivity contribution is 5.99. The Kier molecular flexibility index (Phi) is 4.95. The Labute approximate surface area is 163 Å². The fraction of sp³-hybridized carbons (Fsp3) is 0.182. The van der Waals surface area contributed by atoms with Crippen molar-refractivity contribution in [3.05, 3.63) is 72.3 Å². The number of hydrogen-bond acceptors (Lipinski definition) is 5. The van der Waals surface area contributed by atoms with Crippen molar-refractivity contribution in [1.29, 1.82) is 0 Å². The summed E-state index contributed by atoms with van der Waals surface area (Å²) in [6, 6.07) is 20.7. The molecule has 1 saturated heterocycles. The Morgan fingerprint density at radius 2 is 1.71 bits per heavy atom. The molecule has 0 radical (unpaired) electrons. The van der Waals surface area contributed by atoms with Gasteiger partial charge in [-0.05, 0) is 55.0 Å². The second-order valence-corrected chi connectivity index (χ2v) is 6.86. The summed E-state index contributed by atoms with van der Waals surface area (Å²) in [6.07, 6.45) is 0.931. The van der Waals surface area contributed by atoms with Gasteiger partial charge in [0, 0.05) is 24.7 Å². The molecular weight excluding hydrogens is 352 g/mol. The molecule has 1 fully saturated rings. The van der Waals surface area contributed by atoms with Gasteiger partial charge in [-0.15, -0.1) is 0 Å². The fourth-order valence-electron chi connectivity index (χ4n) is 3.34. The number of para-hydroxylation sites is 1. The molecule has 1 aromatic heterocycles. The predicted molar refractivity (Wildman–Crippen MR) is 110 cm³/mol. The number of nitrogens with two attached hydrogens (primary N) is 2. The molecule has 4 N–H and O–H groups in total. The number of carbonyl (C=O) groups excluding carboxylic acids is 1. The number of rotatable bonds is 5. The van der Waals surface area contributed by atoms with E-state index in [0.717, 1.165) is 36.6 Å². The van der Waals surface area contributed by atoms with Gasteiger partial charge in [0.25, 0.3) is 5.91 Å². The van der Waals surface area contributed by atoms with Crippen molar-refractivity contribution >= 4 is 11.7 Å². The molecule has 2 heterocycles. The Morgan fingerprint density at radius 1 is 1.00 bits per heavy atom. The number of ether oxygens (including phenoxy) is 1. The summed E-state index contributed by atoms with van der Waals surface area (Å²) >= 11 is 0. The lowest BCUT2D eigenvalue weighted by Gasteiger charge is -2.19. The van der Waals surface area contributed by atoms with Crippen molar-refractivity contribution in [3.8, 4) is 22.8 Å². The SMILES string of the molecule is NC(=O)c1ccc(N2CCC(N)C2)nc1-c1ccc(Oc2ccccc2)cc1. The van der Waals surface area contributed by atoms with Crippen LogP contribution in [0.15, 0.2) is 66.7 Å². The number of aromatic nitrogens is 1. The van der Waals surface area contributed by atoms with Crippen LogP contribution in [-0.2, 0) is 0 Å². The van der Waals surface area contributed by atoms with Gasteiger partial charge >= 0.3 is 0 Å². The maximum Gasteiger partial charge on any atom is 0.250 e. The van der Waals surface area contributed by atoms with Crippen molar-refractivity contribution in [1.82, 2.24) is 4.98 Å². The highest BCUT2D eigenvalue weighted by Gasteiger charge is 2.22. The smallest absolute Gasteiger partial charge is 0.250 e. The zero-order valence-electron chi connectivity index (χ0n) is 15.4. The lowest BCUT2D eigenvalue weighted by Crippen LogP contribution is -2.27. The van der Waals surface area contributed by atoms with Crippen LogP contribution in [0.4, 0.5) is 5.82 Å². The molecule has 1 aliphatic rings. The van der Waals surface area contributed by atoms with Crippen molar-refractivity contribution in [2.24, 2.45) is 11.5 Å². The molecule has 1 aliphatic heterocycles. The maximum atomic E-state index is 11.9. The number of amides is 1. The molecule has 0 saturated carbocycles. The third kappa shape index (κ3) is 3.82. The van der Waals surface area contributed by atoms with Gasteiger partial charge in [0.05, 0.1) is 11.3 Å². The summed E-state index contributed by atoms with van der Waals surface area (Å²) in [5.41, 5.74) is 13.3. The van der Waals surface area contributed by atoms with Crippen molar-refractivity contribution in [2.75, 3.05) is 18.0 Å². The standard InChI is InChI=1S/C22H22N4O2/c23-16-12-13-26(14-16)20-11-10-19(22(24)27)21(25-20)15-6-8-18(9-7-15)28-17-4-2-1-3-5-17/h1-11,16H,12-14,23H2,(H2,24,27). The van der Waals surface area contributed by atoms with Crippen LogP contribution >= 0.6 is 0 Å². The van der Waals surface area contributed by atoms with Crippen LogP contribution in [-0.4, -0.2) is 30.0 Å². The van der Waals surface area contributed by atoms with Crippen LogP contribution < -0.4 is 21.1 Å². The first-order chi connectivity index (χ1) is 13.6. The molecule has 1 amide bonds. The summed E-state index contributed by atoms with van der Waals surface area (Å²) in [5.74, 6) is 1.77. The van der Waals surface area contributed by atoms with Gasteiger partial charge in [0.2, 0.25) is 0 Å². The van der Waals surface area contributed by atoms with E-state index in [1.807, 2.05) is 60.7 Å². The zero-order chi connectivity index (χ0) is 19.5. The summed E-state index contributed by atoms with van der Waals surface area (Å²) in [5, 5.41) is 0. The summed E-state index contributed by atoms with van der Waals surface area (Å²) in [7, 11) is 0. The average molecular weight is 374 g/mol. The van der Waals surface area contributed by atoms with E-state index in [2.05, 4.69) is 4.90 Å². The number of pyridine rings is 1. The highest BCUT2D eigenvalue weighted by atomic mass is 16.5. The Hall–Kier alpha value is -3.38. The number of nitrogens with zero attached hydrogens (tertiary/aromatic N) is 2. The van der Waals surface area contributed by atoms with Crippen LogP contribution in [0.2, 0.25) is 0 Å². The monoisotopic (exact) mass is 374 g/mol. The van der Waals surface area contributed by atoms with Crippen molar-refractivity contribution in [2.45, 2.75) is 12.5 Å². The Morgan fingerprint density at radius 3 is 2.36 bits per heavy atom. The quantitative estimate of drug-likeness (QED) is 0.715. The van der Waals surface area contributed by atoms with Crippen molar-refractivity contribution in [3.63, 3.8) is 0 Å². The molecule has 0 bridgehead atoms. The van der Waals surface area contributed by atoms with Gasteiger partial charge in [0.1, 0.15) is 17.3 Å². The molecular formula is C22H22N4O2. The molecule has 0 aliphatic carbocycles. The summed E-state index contributed by atoms with van der Waals surface area (Å²) in [4.78, 5) is 18.8. The van der Waals surface area contributed by atoms with Gasteiger partial charge in [-0.1, -0.05) is 18.2 Å². The van der Waals surface area contributed by atoms with Gasteiger partial charge in [0.15, 0.2) is 0 Å². The third-order valence-electron chi connectivity index (χ3n) is 4.80. The molecule has 6 heteroatoms. The number of primary amides is 1. The van der Waals surface area contributed by atoms with E-state index in [1.54, 1.807) is 6.07 Å². The van der Waals surface area contributed by atoms with Gasteiger partial charge in [-0.3, -0.25) is 4.79 Å². The molecule has 2 aromatic carbocycles. The van der Waals surface area contributed by atoms with E-state index in [0.29, 0.717) is 17.0 Å². The normalized spacial score (nSPS) is 16.2. The van der Waals surface area contributed by atoms with Gasteiger partial charge in [-0.25, -0.2) is 4.98 Å². The lowest BCUT2D eigenvalue weighted by molar-refractivity contribution is 0.100. The van der Waals surface area contributed by atoms with Crippen LogP contribution in [0, 0.1) is 0 Å². The lowest BCUT2D eigenvalue weighted by atomic mass is 10.0. The van der Waals surface area contributed by atoms with Crippen LogP contribution in [0.5, 0.6) is 11.5 Å². The van der Waals surface area contributed by atoms with E-state index < -0.39 is 5.91 Å². The van der Waals surface area contributed by atoms with E-state index in [1.165, 1.54) is 0 Å². The minimum atomic E-state index is -0.503. The molecule has 142 valence electrons. The topological polar surface area (TPSA) is 94.5 Å². The second-order valence-electron chi connectivity index (χ2n) is 6.86. The first kappa shape index (κ1) is 18.0. The van der Waals surface area contributed by atoms with E-state index in [4.69, 9.17) is 21.2 Å².